The van der Waals surface area contributed by atoms with Crippen LogP contribution >= 0.6 is 0 Å². The van der Waals surface area contributed by atoms with Gasteiger partial charge in [0.1, 0.15) is 0 Å². The van der Waals surface area contributed by atoms with Gasteiger partial charge in [0.2, 0.25) is 11.8 Å². The van der Waals surface area contributed by atoms with E-state index in [2.05, 4.69) is 10.6 Å². The van der Waals surface area contributed by atoms with Gasteiger partial charge in [0.05, 0.1) is 12.7 Å². The molecule has 1 atom stereocenters. The zero-order valence-corrected chi connectivity index (χ0v) is 15.2. The average molecular weight is 342 g/mol. The van der Waals surface area contributed by atoms with Gasteiger partial charge in [-0.2, -0.15) is 0 Å². The molecule has 6 nitrogen and oxygen atoms in total. The van der Waals surface area contributed by atoms with Crippen LogP contribution in [0.15, 0.2) is 0 Å². The van der Waals surface area contributed by atoms with E-state index in [0.717, 1.165) is 38.6 Å². The first kappa shape index (κ1) is 20.9. The van der Waals surface area contributed by atoms with Crippen LogP contribution in [-0.2, 0) is 14.3 Å². The van der Waals surface area contributed by atoms with E-state index in [1.165, 1.54) is 0 Å². The molecule has 1 unspecified atom stereocenters. The maximum Gasteiger partial charge on any atom is 0.222 e. The summed E-state index contributed by atoms with van der Waals surface area (Å²) in [6.45, 7) is 5.51. The van der Waals surface area contributed by atoms with Crippen molar-refractivity contribution < 1.29 is 19.4 Å². The predicted molar refractivity (Wildman–Crippen MR) is 93.5 cm³/mol. The summed E-state index contributed by atoms with van der Waals surface area (Å²) in [5.74, 6) is 0.643. The Morgan fingerprint density at radius 3 is 2.50 bits per heavy atom. The van der Waals surface area contributed by atoms with Crippen molar-refractivity contribution in [1.29, 1.82) is 0 Å². The molecule has 0 aromatic carbocycles. The van der Waals surface area contributed by atoms with Crippen molar-refractivity contribution in [3.8, 4) is 0 Å². The monoisotopic (exact) mass is 342 g/mol. The number of hydrogen-bond acceptors (Lipinski definition) is 4. The van der Waals surface area contributed by atoms with E-state index in [9.17, 15) is 14.7 Å². The quantitative estimate of drug-likeness (QED) is 0.499. The molecule has 0 radical (unpaired) electrons. The Labute approximate surface area is 145 Å². The summed E-state index contributed by atoms with van der Waals surface area (Å²) in [7, 11) is 0. The molecule has 1 aliphatic carbocycles. The van der Waals surface area contributed by atoms with Gasteiger partial charge < -0.3 is 20.5 Å². The van der Waals surface area contributed by atoms with Crippen molar-refractivity contribution in [2.75, 3.05) is 19.8 Å². The van der Waals surface area contributed by atoms with Crippen molar-refractivity contribution in [3.63, 3.8) is 0 Å². The molecule has 1 saturated carbocycles. The van der Waals surface area contributed by atoms with E-state index in [1.54, 1.807) is 6.92 Å². The molecule has 6 heteroatoms. The largest absolute Gasteiger partial charge is 0.393 e. The van der Waals surface area contributed by atoms with Crippen molar-refractivity contribution in [3.05, 3.63) is 0 Å². The summed E-state index contributed by atoms with van der Waals surface area (Å²) < 4.78 is 5.17. The lowest BCUT2D eigenvalue weighted by molar-refractivity contribution is -0.122. The number of hydrogen-bond donors (Lipinski definition) is 3. The van der Waals surface area contributed by atoms with Gasteiger partial charge in [-0.1, -0.05) is 0 Å². The van der Waals surface area contributed by atoms with Crippen LogP contribution in [0.2, 0.25) is 0 Å². The van der Waals surface area contributed by atoms with Gasteiger partial charge >= 0.3 is 0 Å². The van der Waals surface area contributed by atoms with Crippen molar-refractivity contribution >= 4 is 11.8 Å². The lowest BCUT2D eigenvalue weighted by Crippen LogP contribution is -2.39. The summed E-state index contributed by atoms with van der Waals surface area (Å²) in [4.78, 5) is 23.5. The van der Waals surface area contributed by atoms with Gasteiger partial charge in [0, 0.05) is 32.0 Å². The predicted octanol–water partition coefficient (Wildman–Crippen LogP) is 1.76. The molecule has 24 heavy (non-hydrogen) atoms. The summed E-state index contributed by atoms with van der Waals surface area (Å²) >= 11 is 0. The second kappa shape index (κ2) is 12.3. The topological polar surface area (TPSA) is 87.7 Å². The van der Waals surface area contributed by atoms with Crippen molar-refractivity contribution in [2.24, 2.45) is 5.92 Å². The number of nitrogens with one attached hydrogen (secondary N) is 2. The van der Waals surface area contributed by atoms with E-state index in [1.807, 2.05) is 6.92 Å². The molecular formula is C18H34N2O4. The molecule has 0 saturated heterocycles. The summed E-state index contributed by atoms with van der Waals surface area (Å²) in [5.41, 5.74) is 0. The summed E-state index contributed by atoms with van der Waals surface area (Å²) in [5, 5.41) is 15.3. The first-order valence-corrected chi connectivity index (χ1v) is 9.33. The molecule has 0 aromatic rings. The highest BCUT2D eigenvalue weighted by Gasteiger charge is 2.22. The second-order valence-corrected chi connectivity index (χ2v) is 6.78. The van der Waals surface area contributed by atoms with Crippen LogP contribution in [-0.4, -0.2) is 48.8 Å². The smallest absolute Gasteiger partial charge is 0.222 e. The van der Waals surface area contributed by atoms with Crippen molar-refractivity contribution in [1.82, 2.24) is 10.6 Å². The minimum absolute atomic E-state index is 0.0528. The van der Waals surface area contributed by atoms with Crippen LogP contribution in [0, 0.1) is 5.92 Å². The first-order valence-electron chi connectivity index (χ1n) is 9.33. The van der Waals surface area contributed by atoms with Crippen LogP contribution in [0.4, 0.5) is 0 Å². The zero-order chi connectivity index (χ0) is 17.8. The van der Waals surface area contributed by atoms with Gasteiger partial charge in [-0.05, 0) is 58.3 Å². The van der Waals surface area contributed by atoms with Gasteiger partial charge in [0.15, 0.2) is 0 Å². The molecular weight excluding hydrogens is 308 g/mol. The van der Waals surface area contributed by atoms with Crippen LogP contribution < -0.4 is 10.6 Å². The van der Waals surface area contributed by atoms with Crippen LogP contribution in [0.1, 0.15) is 65.2 Å². The molecule has 0 aromatic heterocycles. The number of carbonyl (C=O) groups is 2. The molecule has 0 heterocycles. The number of carbonyl (C=O) groups excluding carboxylic acids is 2. The van der Waals surface area contributed by atoms with E-state index < -0.39 is 0 Å². The summed E-state index contributed by atoms with van der Waals surface area (Å²) in [6, 6.07) is 0.258. The van der Waals surface area contributed by atoms with E-state index >= 15 is 0 Å². The number of aliphatic hydroxyl groups is 1. The molecule has 2 amide bonds. The maximum atomic E-state index is 11.9. The molecule has 3 N–H and O–H groups in total. The van der Waals surface area contributed by atoms with Gasteiger partial charge in [-0.25, -0.2) is 0 Å². The van der Waals surface area contributed by atoms with Crippen molar-refractivity contribution in [2.45, 2.75) is 77.4 Å². The molecule has 140 valence electrons. The maximum absolute atomic E-state index is 11.9. The van der Waals surface area contributed by atoms with Crippen LogP contribution in [0.25, 0.3) is 0 Å². The van der Waals surface area contributed by atoms with E-state index in [-0.39, 0.29) is 24.0 Å². The van der Waals surface area contributed by atoms with Crippen LogP contribution in [0.5, 0.6) is 0 Å². The molecule has 1 rings (SSSR count). The first-order chi connectivity index (χ1) is 11.5. The fraction of sp³-hybridized carbons (Fsp3) is 0.889. The Bertz CT molecular complexity index is 366. The third-order valence-corrected chi connectivity index (χ3v) is 4.50. The molecule has 0 spiro atoms. The number of ether oxygens (including phenoxy) is 1. The normalized spacial score (nSPS) is 22.0. The molecule has 0 bridgehead atoms. The zero-order valence-electron chi connectivity index (χ0n) is 15.2. The Balaban J connectivity index is 2.09. The Morgan fingerprint density at radius 2 is 1.88 bits per heavy atom. The SMILES string of the molecule is CCOCCC(=O)NCC1CCC(NC(=O)CCCC(C)O)CC1. The Morgan fingerprint density at radius 1 is 1.17 bits per heavy atom. The Hall–Kier alpha value is -1.14. The molecule has 0 aliphatic heterocycles. The number of rotatable bonds is 11. The average Bonchev–Trinajstić information content (AvgIpc) is 2.54. The number of amides is 2. The second-order valence-electron chi connectivity index (χ2n) is 6.78. The lowest BCUT2D eigenvalue weighted by atomic mass is 9.86. The van der Waals surface area contributed by atoms with E-state index in [4.69, 9.17) is 4.74 Å². The van der Waals surface area contributed by atoms with Gasteiger partial charge in [0.25, 0.3) is 0 Å². The summed E-state index contributed by atoms with van der Waals surface area (Å²) in [6.07, 6.45) is 5.98. The minimum Gasteiger partial charge on any atom is -0.393 e. The third kappa shape index (κ3) is 9.88. The minimum atomic E-state index is -0.336. The highest BCUT2D eigenvalue weighted by atomic mass is 16.5. The van der Waals surface area contributed by atoms with Gasteiger partial charge in [-0.15, -0.1) is 0 Å². The lowest BCUT2D eigenvalue weighted by Gasteiger charge is -2.29. The van der Waals surface area contributed by atoms with Crippen LogP contribution in [0.3, 0.4) is 0 Å². The third-order valence-electron chi connectivity index (χ3n) is 4.50. The number of aliphatic hydroxyl groups excluding tert-OH is 1. The highest BCUT2D eigenvalue weighted by Crippen LogP contribution is 2.23. The van der Waals surface area contributed by atoms with Gasteiger partial charge in [-0.3, -0.25) is 9.59 Å². The Kier molecular flexibility index (Phi) is 10.7. The fourth-order valence-electron chi connectivity index (χ4n) is 3.02. The van der Waals surface area contributed by atoms with E-state index in [0.29, 0.717) is 38.4 Å². The standard InChI is InChI=1S/C18H34N2O4/c1-3-24-12-11-17(22)19-13-15-7-9-16(10-8-15)20-18(23)6-4-5-14(2)21/h14-16,21H,3-13H2,1-2H3,(H,19,22)(H,20,23). The fourth-order valence-corrected chi connectivity index (χ4v) is 3.02. The molecule has 1 aliphatic rings. The molecule has 1 fully saturated rings. The highest BCUT2D eigenvalue weighted by molar-refractivity contribution is 5.76.